The van der Waals surface area contributed by atoms with Gasteiger partial charge < -0.3 is 10.3 Å². The number of sulfonamides is 1. The van der Waals surface area contributed by atoms with Crippen LogP contribution in [0.3, 0.4) is 0 Å². The maximum atomic E-state index is 12.1. The quantitative estimate of drug-likeness (QED) is 0.842. The zero-order valence-electron chi connectivity index (χ0n) is 11.6. The zero-order valence-corrected chi connectivity index (χ0v) is 12.4. The van der Waals surface area contributed by atoms with Crippen LogP contribution in [0.15, 0.2) is 22.7 Å². The molecule has 0 atom stereocenters. The van der Waals surface area contributed by atoms with Crippen molar-refractivity contribution < 1.29 is 12.9 Å². The van der Waals surface area contributed by atoms with Crippen LogP contribution in [0.5, 0.6) is 0 Å². The van der Waals surface area contributed by atoms with Gasteiger partial charge in [0.05, 0.1) is 5.69 Å². The molecule has 2 rings (SSSR count). The second kappa shape index (κ2) is 5.16. The first-order valence-electron chi connectivity index (χ1n) is 6.07. The highest BCUT2D eigenvalue weighted by molar-refractivity contribution is 7.91. The number of nitrogens with zero attached hydrogens (tertiary/aromatic N) is 1. The average Bonchev–Trinajstić information content (AvgIpc) is 2.75. The fraction of sp³-hybridized carbons (Fsp3) is 0.308. The van der Waals surface area contributed by atoms with E-state index < -0.39 is 10.0 Å². The Morgan fingerprint density at radius 2 is 2.00 bits per heavy atom. The molecule has 0 fully saturated rings. The molecule has 3 N–H and O–H groups in total. The van der Waals surface area contributed by atoms with Gasteiger partial charge in [0.1, 0.15) is 17.2 Å². The summed E-state index contributed by atoms with van der Waals surface area (Å²) in [6.07, 6.45) is 0. The number of nitrogens with one attached hydrogen (secondary N) is 1. The monoisotopic (exact) mass is 295 g/mol. The van der Waals surface area contributed by atoms with Crippen molar-refractivity contribution in [3.8, 4) is 0 Å². The third-order valence-corrected chi connectivity index (χ3v) is 4.22. The minimum atomic E-state index is -3.55. The highest BCUT2D eigenvalue weighted by Gasteiger charge is 2.16. The van der Waals surface area contributed by atoms with E-state index in [4.69, 9.17) is 10.3 Å². The number of nitrogen functional groups attached to an aromatic ring is 1. The van der Waals surface area contributed by atoms with Gasteiger partial charge in [-0.1, -0.05) is 11.2 Å². The lowest BCUT2D eigenvalue weighted by atomic mass is 10.1. The first-order valence-corrected chi connectivity index (χ1v) is 7.72. The predicted molar refractivity (Wildman–Crippen MR) is 77.8 cm³/mol. The summed E-state index contributed by atoms with van der Waals surface area (Å²) >= 11 is 0. The van der Waals surface area contributed by atoms with Gasteiger partial charge >= 0.3 is 0 Å². The van der Waals surface area contributed by atoms with Gasteiger partial charge in [-0.3, -0.25) is 4.72 Å². The van der Waals surface area contributed by atoms with Crippen molar-refractivity contribution in [2.24, 2.45) is 0 Å². The lowest BCUT2D eigenvalue weighted by molar-refractivity contribution is 0.392. The van der Waals surface area contributed by atoms with Crippen molar-refractivity contribution >= 4 is 21.4 Å². The lowest BCUT2D eigenvalue weighted by Gasteiger charge is -2.12. The molecule has 0 unspecified atom stereocenters. The fourth-order valence-electron chi connectivity index (χ4n) is 1.86. The van der Waals surface area contributed by atoms with Gasteiger partial charge in [-0.05, 0) is 38.0 Å². The van der Waals surface area contributed by atoms with Crippen LogP contribution >= 0.6 is 0 Å². The Kier molecular flexibility index (Phi) is 3.71. The van der Waals surface area contributed by atoms with E-state index in [-0.39, 0.29) is 5.75 Å². The van der Waals surface area contributed by atoms with Gasteiger partial charge in [0.25, 0.3) is 0 Å². The molecule has 1 aromatic carbocycles. The van der Waals surface area contributed by atoms with Crippen LogP contribution in [-0.4, -0.2) is 13.6 Å². The van der Waals surface area contributed by atoms with Crippen LogP contribution in [0, 0.1) is 20.8 Å². The minimum absolute atomic E-state index is 0.239. The smallest absolute Gasteiger partial charge is 0.238 e. The van der Waals surface area contributed by atoms with Gasteiger partial charge in [0.2, 0.25) is 10.0 Å². The Labute approximate surface area is 118 Å². The third kappa shape index (κ3) is 3.11. The standard InChI is InChI=1S/C13H17N3O3S/c1-8-4-5-12(10(3)13(8)14)16-20(17,18)7-11-6-9(2)19-15-11/h4-6,16H,7,14H2,1-3H3. The van der Waals surface area contributed by atoms with Gasteiger partial charge in [-0.2, -0.15) is 0 Å². The number of hydrogen-bond donors (Lipinski definition) is 2. The summed E-state index contributed by atoms with van der Waals surface area (Å²) in [6, 6.07) is 5.07. The van der Waals surface area contributed by atoms with E-state index in [1.54, 1.807) is 32.0 Å². The third-order valence-electron chi connectivity index (χ3n) is 3.01. The SMILES string of the molecule is Cc1cc(CS(=O)(=O)Nc2ccc(C)c(N)c2C)no1. The summed E-state index contributed by atoms with van der Waals surface area (Å²) < 4.78 is 31.6. The molecule has 20 heavy (non-hydrogen) atoms. The van der Waals surface area contributed by atoms with E-state index in [1.807, 2.05) is 6.92 Å². The number of aryl methyl sites for hydroxylation is 2. The highest BCUT2D eigenvalue weighted by Crippen LogP contribution is 2.25. The largest absolute Gasteiger partial charge is 0.398 e. The minimum Gasteiger partial charge on any atom is -0.398 e. The van der Waals surface area contributed by atoms with Crippen molar-refractivity contribution in [1.29, 1.82) is 0 Å². The summed E-state index contributed by atoms with van der Waals surface area (Å²) in [5.74, 6) is 0.336. The van der Waals surface area contributed by atoms with Gasteiger partial charge in [-0.15, -0.1) is 0 Å². The molecule has 0 aliphatic rings. The molecule has 0 spiro atoms. The number of aromatic nitrogens is 1. The molecule has 0 amide bonds. The fourth-order valence-corrected chi connectivity index (χ4v) is 3.01. The Morgan fingerprint density at radius 1 is 1.30 bits per heavy atom. The van der Waals surface area contributed by atoms with Crippen molar-refractivity contribution in [3.05, 3.63) is 40.8 Å². The Hall–Kier alpha value is -2.02. The molecule has 0 radical (unpaired) electrons. The van der Waals surface area contributed by atoms with Gasteiger partial charge in [0.15, 0.2) is 0 Å². The van der Waals surface area contributed by atoms with E-state index in [1.165, 1.54) is 0 Å². The summed E-state index contributed by atoms with van der Waals surface area (Å²) in [5.41, 5.74) is 8.96. The highest BCUT2D eigenvalue weighted by atomic mass is 32.2. The van der Waals surface area contributed by atoms with Crippen LogP contribution < -0.4 is 10.5 Å². The number of benzene rings is 1. The average molecular weight is 295 g/mol. The van der Waals surface area contributed by atoms with Gasteiger partial charge in [0, 0.05) is 11.8 Å². The summed E-state index contributed by atoms with van der Waals surface area (Å²) in [7, 11) is -3.55. The molecule has 0 saturated carbocycles. The molecular weight excluding hydrogens is 278 g/mol. The second-order valence-corrected chi connectivity index (χ2v) is 6.48. The molecular formula is C13H17N3O3S. The maximum Gasteiger partial charge on any atom is 0.238 e. The van der Waals surface area contributed by atoms with E-state index in [0.717, 1.165) is 5.56 Å². The van der Waals surface area contributed by atoms with Crippen LogP contribution in [0.1, 0.15) is 22.6 Å². The van der Waals surface area contributed by atoms with Crippen molar-refractivity contribution in [1.82, 2.24) is 5.16 Å². The number of anilines is 2. The molecule has 0 aliphatic carbocycles. The molecule has 7 heteroatoms. The topological polar surface area (TPSA) is 98.2 Å². The Morgan fingerprint density at radius 3 is 2.60 bits per heavy atom. The molecule has 1 aromatic heterocycles. The first-order chi connectivity index (χ1) is 9.28. The molecule has 6 nitrogen and oxygen atoms in total. The Bertz CT molecular complexity index is 735. The predicted octanol–water partition coefficient (Wildman–Crippen LogP) is 2.12. The molecule has 108 valence electrons. The number of rotatable bonds is 4. The molecule has 0 bridgehead atoms. The van der Waals surface area contributed by atoms with Crippen LogP contribution in [0.25, 0.3) is 0 Å². The first kappa shape index (κ1) is 14.4. The molecule has 2 aromatic rings. The van der Waals surface area contributed by atoms with Crippen LogP contribution in [0.2, 0.25) is 0 Å². The van der Waals surface area contributed by atoms with E-state index >= 15 is 0 Å². The molecule has 1 heterocycles. The van der Waals surface area contributed by atoms with Crippen molar-refractivity contribution in [2.75, 3.05) is 10.5 Å². The Balaban J connectivity index is 2.22. The van der Waals surface area contributed by atoms with Crippen molar-refractivity contribution in [3.63, 3.8) is 0 Å². The van der Waals surface area contributed by atoms with Crippen molar-refractivity contribution in [2.45, 2.75) is 26.5 Å². The second-order valence-electron chi connectivity index (χ2n) is 4.76. The maximum absolute atomic E-state index is 12.1. The van der Waals surface area contributed by atoms with Gasteiger partial charge in [-0.25, -0.2) is 8.42 Å². The van der Waals surface area contributed by atoms with E-state index in [2.05, 4.69) is 9.88 Å². The zero-order chi connectivity index (χ0) is 14.9. The molecule has 0 saturated heterocycles. The van der Waals surface area contributed by atoms with Crippen LogP contribution in [-0.2, 0) is 15.8 Å². The normalized spacial score (nSPS) is 11.6. The summed E-state index contributed by atoms with van der Waals surface area (Å²) in [6.45, 7) is 5.36. The van der Waals surface area contributed by atoms with Crippen LogP contribution in [0.4, 0.5) is 11.4 Å². The summed E-state index contributed by atoms with van der Waals surface area (Å²) in [4.78, 5) is 0. The van der Waals surface area contributed by atoms with E-state index in [9.17, 15) is 8.42 Å². The number of hydrogen-bond acceptors (Lipinski definition) is 5. The number of nitrogens with two attached hydrogens (primary N) is 1. The lowest BCUT2D eigenvalue weighted by Crippen LogP contribution is -2.16. The summed E-state index contributed by atoms with van der Waals surface area (Å²) in [5, 5.41) is 3.68. The van der Waals surface area contributed by atoms with E-state index in [0.29, 0.717) is 28.4 Å². The molecule has 0 aliphatic heterocycles.